The van der Waals surface area contributed by atoms with Gasteiger partial charge in [-0.05, 0) is 0 Å². The lowest BCUT2D eigenvalue weighted by atomic mass is 9.99. The lowest BCUT2D eigenvalue weighted by Gasteiger charge is -2.43. The van der Waals surface area contributed by atoms with Crippen molar-refractivity contribution in [3.63, 3.8) is 0 Å². The fraction of sp³-hybridized carbons (Fsp3) is 0.929. The number of aliphatic hydroxyl groups is 7. The topological polar surface area (TPSA) is 244 Å². The molecule has 0 aromatic rings. The van der Waals surface area contributed by atoms with Crippen molar-refractivity contribution in [1.29, 1.82) is 0 Å². The molecule has 1 saturated heterocycles. The zero-order valence-electron chi connectivity index (χ0n) is 15.3. The number of amides is 1. The van der Waals surface area contributed by atoms with Crippen molar-refractivity contribution >= 4 is 16.0 Å². The first kappa shape index (κ1) is 26.1. The van der Waals surface area contributed by atoms with Crippen LogP contribution in [0.15, 0.2) is 0 Å². The molecular weight excluding hydrogens is 422 g/mol. The molecule has 1 heterocycles. The maximum Gasteiger partial charge on any atom is 0.273 e. The Morgan fingerprint density at radius 1 is 1.14 bits per heavy atom. The van der Waals surface area contributed by atoms with Gasteiger partial charge >= 0.3 is 0 Å². The minimum Gasteiger partial charge on any atom is -0.394 e. The average Bonchev–Trinajstić information content (AvgIpc) is 2.64. The molecule has 1 fully saturated rings. The second-order valence-corrected chi connectivity index (χ2v) is 8.09. The van der Waals surface area contributed by atoms with Crippen LogP contribution in [0.4, 0.5) is 0 Å². The number of nitrogens with one attached hydrogen (secondary N) is 1. The molecule has 1 rings (SSSR count). The van der Waals surface area contributed by atoms with E-state index in [1.165, 1.54) is 0 Å². The van der Waals surface area contributed by atoms with Crippen LogP contribution in [0.5, 0.6) is 0 Å². The Balaban J connectivity index is 3.11. The van der Waals surface area contributed by atoms with Gasteiger partial charge in [0.1, 0.15) is 41.9 Å². The van der Waals surface area contributed by atoms with Crippen LogP contribution >= 0.6 is 0 Å². The highest BCUT2D eigenvalue weighted by Gasteiger charge is 2.52. The molecule has 0 spiro atoms. The van der Waals surface area contributed by atoms with Gasteiger partial charge in [0.25, 0.3) is 10.1 Å². The Kier molecular flexibility index (Phi) is 9.77. The summed E-state index contributed by atoms with van der Waals surface area (Å²) in [5.74, 6) is -0.652. The number of hydrogen-bond acceptors (Lipinski definition) is 12. The lowest BCUT2D eigenvalue weighted by molar-refractivity contribution is -0.302. The van der Waals surface area contributed by atoms with E-state index in [0.29, 0.717) is 0 Å². The Hall–Kier alpha value is -0.980. The quantitative estimate of drug-likeness (QED) is 0.141. The van der Waals surface area contributed by atoms with Crippen LogP contribution in [0, 0.1) is 0 Å². The van der Waals surface area contributed by atoms with E-state index in [4.69, 9.17) is 9.47 Å². The van der Waals surface area contributed by atoms with Crippen molar-refractivity contribution in [3.05, 3.63) is 0 Å². The number of carbonyl (C=O) groups excluding carboxylic acids is 1. The second kappa shape index (κ2) is 10.9. The Morgan fingerprint density at radius 2 is 1.72 bits per heavy atom. The van der Waals surface area contributed by atoms with E-state index in [2.05, 4.69) is 5.32 Å². The van der Waals surface area contributed by atoms with E-state index in [0.717, 1.165) is 6.92 Å². The second-order valence-electron chi connectivity index (χ2n) is 6.52. The molecule has 15 heteroatoms. The highest BCUT2D eigenvalue weighted by molar-refractivity contribution is 7.86. The third-order valence-corrected chi connectivity index (χ3v) is 5.63. The van der Waals surface area contributed by atoms with E-state index in [-0.39, 0.29) is 0 Å². The minimum absolute atomic E-state index is 0.652. The third kappa shape index (κ3) is 6.50. The molecule has 14 nitrogen and oxygen atoms in total. The van der Waals surface area contributed by atoms with Crippen LogP contribution < -0.4 is 5.32 Å². The Bertz CT molecular complexity index is 629. The van der Waals surface area contributed by atoms with Gasteiger partial charge in [0.15, 0.2) is 6.29 Å². The summed E-state index contributed by atoms with van der Waals surface area (Å²) in [4.78, 5) is 11.2. The highest BCUT2D eigenvalue weighted by atomic mass is 32.2. The van der Waals surface area contributed by atoms with Crippen LogP contribution in [-0.4, -0.2) is 129 Å². The van der Waals surface area contributed by atoms with Crippen LogP contribution in [0.1, 0.15) is 6.92 Å². The number of hydrogen-bond donors (Lipinski definition) is 9. The van der Waals surface area contributed by atoms with E-state index in [9.17, 15) is 53.5 Å². The van der Waals surface area contributed by atoms with Gasteiger partial charge in [0.2, 0.25) is 5.91 Å². The van der Waals surface area contributed by atoms with Crippen molar-refractivity contribution in [2.75, 3.05) is 19.8 Å². The predicted molar refractivity (Wildman–Crippen MR) is 91.8 cm³/mol. The molecule has 0 unspecified atom stereocenters. The van der Waals surface area contributed by atoms with Crippen LogP contribution in [0.2, 0.25) is 0 Å². The van der Waals surface area contributed by atoms with Gasteiger partial charge < -0.3 is 50.5 Å². The summed E-state index contributed by atoms with van der Waals surface area (Å²) < 4.78 is 42.3. The molecule has 1 aliphatic heterocycles. The zero-order chi connectivity index (χ0) is 22.5. The number of rotatable bonds is 10. The molecule has 0 bridgehead atoms. The summed E-state index contributed by atoms with van der Waals surface area (Å²) in [7, 11) is -4.96. The van der Waals surface area contributed by atoms with Gasteiger partial charge in [0.05, 0.1) is 25.9 Å². The van der Waals surface area contributed by atoms with Gasteiger partial charge in [0, 0.05) is 6.92 Å². The van der Waals surface area contributed by atoms with Crippen molar-refractivity contribution in [2.24, 2.45) is 0 Å². The standard InChI is InChI=1S/C14H27NO13S/c1-5(19)15-6(2-16)9(21)12(7(20)3-17)28-14-11(23)10(22)13(29(24,25)26)8(4-18)27-14/h6-14,16-18,20-23H,2-4H2,1H3,(H,15,19)(H,24,25,26)/t6-,7+,8+,9+,10+,11+,12+,13-,14-/m0/s1. The fourth-order valence-corrected chi connectivity index (χ4v) is 3.97. The van der Waals surface area contributed by atoms with Crippen molar-refractivity contribution in [1.82, 2.24) is 5.32 Å². The molecule has 172 valence electrons. The average molecular weight is 449 g/mol. The number of carbonyl (C=O) groups is 1. The van der Waals surface area contributed by atoms with E-state index in [1.807, 2.05) is 0 Å². The molecule has 29 heavy (non-hydrogen) atoms. The summed E-state index contributed by atoms with van der Waals surface area (Å²) in [5, 5.41) is 68.3. The fourth-order valence-electron chi connectivity index (χ4n) is 2.92. The van der Waals surface area contributed by atoms with Gasteiger partial charge in [-0.15, -0.1) is 0 Å². The molecule has 1 amide bonds. The summed E-state index contributed by atoms with van der Waals surface area (Å²) in [6.45, 7) is -1.71. The van der Waals surface area contributed by atoms with E-state index >= 15 is 0 Å². The van der Waals surface area contributed by atoms with Crippen LogP contribution in [-0.2, 0) is 24.4 Å². The summed E-state index contributed by atoms with van der Waals surface area (Å²) >= 11 is 0. The van der Waals surface area contributed by atoms with E-state index < -0.39 is 90.1 Å². The van der Waals surface area contributed by atoms with Crippen LogP contribution in [0.25, 0.3) is 0 Å². The number of aliphatic hydroxyl groups excluding tert-OH is 7. The van der Waals surface area contributed by atoms with Crippen LogP contribution in [0.3, 0.4) is 0 Å². The molecule has 9 atom stereocenters. The zero-order valence-corrected chi connectivity index (χ0v) is 16.2. The first-order chi connectivity index (χ1) is 13.4. The predicted octanol–water partition coefficient (Wildman–Crippen LogP) is -5.72. The monoisotopic (exact) mass is 449 g/mol. The molecule has 0 radical (unpaired) electrons. The maximum absolute atomic E-state index is 11.4. The van der Waals surface area contributed by atoms with Crippen molar-refractivity contribution in [2.45, 2.75) is 61.1 Å². The van der Waals surface area contributed by atoms with Crippen molar-refractivity contribution in [3.8, 4) is 0 Å². The maximum atomic E-state index is 11.4. The molecule has 0 aliphatic carbocycles. The summed E-state index contributed by atoms with van der Waals surface area (Å²) in [6, 6.07) is -1.37. The molecule has 0 aromatic carbocycles. The first-order valence-electron chi connectivity index (χ1n) is 8.48. The largest absolute Gasteiger partial charge is 0.394 e. The third-order valence-electron chi connectivity index (χ3n) is 4.36. The van der Waals surface area contributed by atoms with Gasteiger partial charge in [-0.2, -0.15) is 8.42 Å². The van der Waals surface area contributed by atoms with E-state index in [1.54, 1.807) is 0 Å². The van der Waals surface area contributed by atoms with Crippen molar-refractivity contribution < 1.29 is 63.0 Å². The Labute approximate surface area is 166 Å². The van der Waals surface area contributed by atoms with Gasteiger partial charge in [-0.25, -0.2) is 0 Å². The number of ether oxygens (including phenoxy) is 2. The minimum atomic E-state index is -4.96. The normalized spacial score (nSPS) is 32.2. The summed E-state index contributed by atoms with van der Waals surface area (Å²) in [5.41, 5.74) is 0. The van der Waals surface area contributed by atoms with Gasteiger partial charge in [-0.1, -0.05) is 0 Å². The smallest absolute Gasteiger partial charge is 0.273 e. The molecule has 9 N–H and O–H groups in total. The molecular formula is C14H27NO13S. The Morgan fingerprint density at radius 3 is 2.14 bits per heavy atom. The SMILES string of the molecule is CC(=O)N[C@@H](CO)[C@@H](O)[C@H](O[C@@H]1O[C@H](CO)[C@H](S(=O)(=O)O)[C@H](O)[C@H]1O)[C@H](O)CO. The molecule has 1 aliphatic rings. The molecule has 0 saturated carbocycles. The first-order valence-corrected chi connectivity index (χ1v) is 9.98. The van der Waals surface area contributed by atoms with Gasteiger partial charge in [-0.3, -0.25) is 9.35 Å². The summed E-state index contributed by atoms with van der Waals surface area (Å²) in [6.07, 6.45) is -13.5. The molecule has 0 aromatic heterocycles. The highest BCUT2D eigenvalue weighted by Crippen LogP contribution is 2.28. The lowest BCUT2D eigenvalue weighted by Crippen LogP contribution is -2.64.